The number of methoxy groups -OCH3 is 1. The molecule has 0 aliphatic rings. The highest BCUT2D eigenvalue weighted by atomic mass is 16.5. The van der Waals surface area contributed by atoms with Crippen LogP contribution in [-0.2, 0) is 4.74 Å². The first-order valence-electron chi connectivity index (χ1n) is 5.19. The molecule has 14 heavy (non-hydrogen) atoms. The lowest BCUT2D eigenvalue weighted by molar-refractivity contribution is 0.140. The van der Waals surface area contributed by atoms with Crippen molar-refractivity contribution in [1.82, 2.24) is 10.2 Å². The van der Waals surface area contributed by atoms with Gasteiger partial charge in [0.1, 0.15) is 0 Å². The van der Waals surface area contributed by atoms with Crippen LogP contribution in [0.3, 0.4) is 0 Å². The maximum Gasteiger partial charge on any atom is 0.0503 e. The fraction of sp³-hybridized carbons (Fsp3) is 1.00. The van der Waals surface area contributed by atoms with Crippen molar-refractivity contribution in [2.24, 2.45) is 11.7 Å². The normalized spacial score (nSPS) is 15.9. The van der Waals surface area contributed by atoms with Crippen molar-refractivity contribution in [2.75, 3.05) is 47.4 Å². The van der Waals surface area contributed by atoms with Crippen LogP contribution in [0.5, 0.6) is 0 Å². The number of hydrogen-bond acceptors (Lipinski definition) is 4. The fourth-order valence-corrected chi connectivity index (χ4v) is 1.37. The first kappa shape index (κ1) is 13.8. The first-order valence-corrected chi connectivity index (χ1v) is 5.19. The van der Waals surface area contributed by atoms with Crippen molar-refractivity contribution in [3.63, 3.8) is 0 Å². The zero-order valence-corrected chi connectivity index (χ0v) is 9.92. The molecule has 0 amide bonds. The first-order chi connectivity index (χ1) is 6.61. The summed E-state index contributed by atoms with van der Waals surface area (Å²) in [6, 6.07) is 0.356. The molecule has 0 aliphatic carbocycles. The van der Waals surface area contributed by atoms with Crippen LogP contribution < -0.4 is 11.1 Å². The Morgan fingerprint density at radius 1 is 1.43 bits per heavy atom. The van der Waals surface area contributed by atoms with Gasteiger partial charge in [-0.25, -0.2) is 0 Å². The SMILES string of the molecule is COCC(C)C(CN)NCCN(C)C. The summed E-state index contributed by atoms with van der Waals surface area (Å²) in [5.74, 6) is 0.465. The van der Waals surface area contributed by atoms with E-state index in [1.165, 1.54) is 0 Å². The van der Waals surface area contributed by atoms with E-state index in [1.54, 1.807) is 7.11 Å². The number of ether oxygens (including phenoxy) is 1. The quantitative estimate of drug-likeness (QED) is 0.571. The van der Waals surface area contributed by atoms with Gasteiger partial charge in [-0.1, -0.05) is 6.92 Å². The molecule has 4 heteroatoms. The maximum absolute atomic E-state index is 5.69. The molecule has 3 N–H and O–H groups in total. The third kappa shape index (κ3) is 6.32. The lowest BCUT2D eigenvalue weighted by Crippen LogP contribution is -2.45. The second-order valence-corrected chi connectivity index (χ2v) is 4.03. The van der Waals surface area contributed by atoms with E-state index in [9.17, 15) is 0 Å². The molecule has 0 aromatic heterocycles. The van der Waals surface area contributed by atoms with E-state index in [0.29, 0.717) is 18.5 Å². The second kappa shape index (κ2) is 8.17. The summed E-state index contributed by atoms with van der Waals surface area (Å²) in [7, 11) is 5.86. The van der Waals surface area contributed by atoms with E-state index in [2.05, 4.69) is 31.2 Å². The smallest absolute Gasteiger partial charge is 0.0503 e. The summed E-state index contributed by atoms with van der Waals surface area (Å²) >= 11 is 0. The molecule has 0 aliphatic heterocycles. The Morgan fingerprint density at radius 2 is 2.07 bits per heavy atom. The molecule has 0 bridgehead atoms. The van der Waals surface area contributed by atoms with Crippen LogP contribution in [0.15, 0.2) is 0 Å². The molecule has 0 spiro atoms. The zero-order chi connectivity index (χ0) is 11.0. The Bertz CT molecular complexity index is 131. The summed E-state index contributed by atoms with van der Waals surface area (Å²) in [6.45, 7) is 5.59. The monoisotopic (exact) mass is 203 g/mol. The molecule has 2 atom stereocenters. The Balaban J connectivity index is 3.66. The highest BCUT2D eigenvalue weighted by Gasteiger charge is 2.14. The minimum atomic E-state index is 0.356. The molecule has 4 nitrogen and oxygen atoms in total. The third-order valence-corrected chi connectivity index (χ3v) is 2.34. The number of nitrogens with two attached hydrogens (primary N) is 1. The van der Waals surface area contributed by atoms with Crippen LogP contribution in [0.1, 0.15) is 6.92 Å². The number of likely N-dealkylation sites (N-methyl/N-ethyl adjacent to an activating group) is 1. The molecule has 0 heterocycles. The molecule has 0 radical (unpaired) electrons. The van der Waals surface area contributed by atoms with Gasteiger partial charge in [0.15, 0.2) is 0 Å². The molecule has 0 saturated heterocycles. The van der Waals surface area contributed by atoms with Crippen molar-refractivity contribution >= 4 is 0 Å². The third-order valence-electron chi connectivity index (χ3n) is 2.34. The van der Waals surface area contributed by atoms with Crippen LogP contribution in [0.2, 0.25) is 0 Å². The van der Waals surface area contributed by atoms with E-state index >= 15 is 0 Å². The molecule has 0 rings (SSSR count). The van der Waals surface area contributed by atoms with E-state index in [1.807, 2.05) is 0 Å². The van der Waals surface area contributed by atoms with Gasteiger partial charge in [0, 0.05) is 32.8 Å². The van der Waals surface area contributed by atoms with E-state index in [-0.39, 0.29) is 0 Å². The van der Waals surface area contributed by atoms with Gasteiger partial charge in [-0.15, -0.1) is 0 Å². The highest BCUT2D eigenvalue weighted by Crippen LogP contribution is 2.01. The van der Waals surface area contributed by atoms with Gasteiger partial charge in [-0.05, 0) is 20.0 Å². The molecule has 2 unspecified atom stereocenters. The van der Waals surface area contributed by atoms with Crippen LogP contribution in [-0.4, -0.2) is 58.4 Å². The summed E-state index contributed by atoms with van der Waals surface area (Å²) in [4.78, 5) is 2.15. The molecule has 86 valence electrons. The summed E-state index contributed by atoms with van der Waals surface area (Å²) < 4.78 is 5.11. The summed E-state index contributed by atoms with van der Waals surface area (Å²) in [5.41, 5.74) is 5.69. The average molecular weight is 203 g/mol. The minimum absolute atomic E-state index is 0.356. The Labute approximate surface area is 87.8 Å². The number of rotatable bonds is 8. The van der Waals surface area contributed by atoms with Crippen LogP contribution in [0.25, 0.3) is 0 Å². The van der Waals surface area contributed by atoms with E-state index in [0.717, 1.165) is 19.7 Å². The Hall–Kier alpha value is -0.160. The van der Waals surface area contributed by atoms with E-state index in [4.69, 9.17) is 10.5 Å². The van der Waals surface area contributed by atoms with Crippen molar-refractivity contribution in [2.45, 2.75) is 13.0 Å². The fourth-order valence-electron chi connectivity index (χ4n) is 1.37. The predicted octanol–water partition coefficient (Wildman–Crippen LogP) is -0.253. The lowest BCUT2D eigenvalue weighted by atomic mass is 10.0. The van der Waals surface area contributed by atoms with Crippen molar-refractivity contribution < 1.29 is 4.74 Å². The minimum Gasteiger partial charge on any atom is -0.384 e. The van der Waals surface area contributed by atoms with Gasteiger partial charge in [0.25, 0.3) is 0 Å². The number of nitrogens with zero attached hydrogens (tertiary/aromatic N) is 1. The highest BCUT2D eigenvalue weighted by molar-refractivity contribution is 4.74. The maximum atomic E-state index is 5.69. The van der Waals surface area contributed by atoms with Gasteiger partial charge < -0.3 is 20.7 Å². The number of hydrogen-bond donors (Lipinski definition) is 2. The molecular formula is C10H25N3O. The largest absolute Gasteiger partial charge is 0.384 e. The summed E-state index contributed by atoms with van der Waals surface area (Å²) in [5, 5.41) is 3.44. The van der Waals surface area contributed by atoms with Gasteiger partial charge in [-0.2, -0.15) is 0 Å². The lowest BCUT2D eigenvalue weighted by Gasteiger charge is -2.24. The van der Waals surface area contributed by atoms with Crippen molar-refractivity contribution in [3.8, 4) is 0 Å². The van der Waals surface area contributed by atoms with Crippen LogP contribution in [0.4, 0.5) is 0 Å². The van der Waals surface area contributed by atoms with Gasteiger partial charge >= 0.3 is 0 Å². The molecule has 0 fully saturated rings. The molecule has 0 aromatic rings. The molecular weight excluding hydrogens is 178 g/mol. The average Bonchev–Trinajstić information content (AvgIpc) is 2.12. The standard InChI is InChI=1S/C10H25N3O/c1-9(8-14-4)10(7-11)12-5-6-13(2)3/h9-10,12H,5-8,11H2,1-4H3. The summed E-state index contributed by atoms with van der Waals surface area (Å²) in [6.07, 6.45) is 0. The number of nitrogens with one attached hydrogen (secondary N) is 1. The molecule has 0 aromatic carbocycles. The van der Waals surface area contributed by atoms with E-state index < -0.39 is 0 Å². The van der Waals surface area contributed by atoms with Gasteiger partial charge in [0.2, 0.25) is 0 Å². The topological polar surface area (TPSA) is 50.5 Å². The zero-order valence-electron chi connectivity index (χ0n) is 9.92. The van der Waals surface area contributed by atoms with Crippen molar-refractivity contribution in [3.05, 3.63) is 0 Å². The molecule has 0 saturated carbocycles. The Morgan fingerprint density at radius 3 is 2.50 bits per heavy atom. The second-order valence-electron chi connectivity index (χ2n) is 4.03. The van der Waals surface area contributed by atoms with Gasteiger partial charge in [0.05, 0.1) is 6.61 Å². The predicted molar refractivity (Wildman–Crippen MR) is 60.4 cm³/mol. The Kier molecular flexibility index (Phi) is 8.08. The van der Waals surface area contributed by atoms with Crippen LogP contribution in [0, 0.1) is 5.92 Å². The van der Waals surface area contributed by atoms with Crippen molar-refractivity contribution in [1.29, 1.82) is 0 Å². The van der Waals surface area contributed by atoms with Crippen LogP contribution >= 0.6 is 0 Å². The van der Waals surface area contributed by atoms with Gasteiger partial charge in [-0.3, -0.25) is 0 Å².